The molecule has 4 atom stereocenters. The lowest BCUT2D eigenvalue weighted by molar-refractivity contribution is 0.310. The van der Waals surface area contributed by atoms with E-state index in [1.54, 1.807) is 0 Å². The van der Waals surface area contributed by atoms with Gasteiger partial charge < -0.3 is 9.47 Å². The second-order valence-electron chi connectivity index (χ2n) is 2.73. The van der Waals surface area contributed by atoms with Gasteiger partial charge in [-0.25, -0.2) is 0 Å². The molecule has 2 aliphatic heterocycles. The molecule has 0 spiro atoms. The molecule has 2 saturated heterocycles. The summed E-state index contributed by atoms with van der Waals surface area (Å²) in [4.78, 5) is 0. The summed E-state index contributed by atoms with van der Waals surface area (Å²) in [5, 5.41) is 0. The first-order chi connectivity index (χ1) is 4.33. The first-order valence-corrected chi connectivity index (χ1v) is 3.43. The third kappa shape index (κ3) is 0.864. The van der Waals surface area contributed by atoms with Crippen LogP contribution in [0.25, 0.3) is 0 Å². The molecule has 1 radical (unpaired) electrons. The molecule has 0 bridgehead atoms. The summed E-state index contributed by atoms with van der Waals surface area (Å²) in [6.45, 7) is 5.83. The van der Waals surface area contributed by atoms with Gasteiger partial charge in [-0.2, -0.15) is 0 Å². The molecule has 2 nitrogen and oxygen atoms in total. The highest BCUT2D eigenvalue weighted by Crippen LogP contribution is 2.39. The number of rotatable bonds is 2. The van der Waals surface area contributed by atoms with Crippen molar-refractivity contribution in [2.24, 2.45) is 0 Å². The van der Waals surface area contributed by atoms with Crippen molar-refractivity contribution in [2.75, 3.05) is 0 Å². The standard InChI is InChI=1S/C7H11O2/c1-3-5-7(9-5)6-4(2)8-6/h4-7H,1,3H2,2H3. The predicted octanol–water partition coefficient (Wildman–Crippen LogP) is 0.765. The van der Waals surface area contributed by atoms with E-state index in [0.717, 1.165) is 6.42 Å². The van der Waals surface area contributed by atoms with Crippen LogP contribution >= 0.6 is 0 Å². The van der Waals surface area contributed by atoms with E-state index < -0.39 is 0 Å². The Bertz CT molecular complexity index is 124. The average molecular weight is 127 g/mol. The van der Waals surface area contributed by atoms with Crippen LogP contribution in [0.15, 0.2) is 0 Å². The van der Waals surface area contributed by atoms with Gasteiger partial charge in [0, 0.05) is 0 Å². The molecule has 2 rings (SSSR count). The number of ether oxygens (including phenoxy) is 2. The fourth-order valence-electron chi connectivity index (χ4n) is 1.22. The van der Waals surface area contributed by atoms with E-state index in [2.05, 4.69) is 13.8 Å². The zero-order valence-corrected chi connectivity index (χ0v) is 5.54. The Kier molecular flexibility index (Phi) is 1.08. The van der Waals surface area contributed by atoms with Crippen molar-refractivity contribution in [3.8, 4) is 0 Å². The summed E-state index contributed by atoms with van der Waals surface area (Å²) in [6.07, 6.45) is 2.51. The number of epoxide rings is 2. The van der Waals surface area contributed by atoms with Crippen LogP contribution in [0.3, 0.4) is 0 Å². The summed E-state index contributed by atoms with van der Waals surface area (Å²) in [5.41, 5.74) is 0. The third-order valence-electron chi connectivity index (χ3n) is 1.99. The number of hydrogen-bond acceptors (Lipinski definition) is 2. The largest absolute Gasteiger partial charge is 0.367 e. The molecule has 51 valence electrons. The van der Waals surface area contributed by atoms with Crippen molar-refractivity contribution in [1.82, 2.24) is 0 Å². The van der Waals surface area contributed by atoms with Crippen molar-refractivity contribution in [3.63, 3.8) is 0 Å². The second kappa shape index (κ2) is 1.70. The topological polar surface area (TPSA) is 25.1 Å². The molecule has 9 heavy (non-hydrogen) atoms. The summed E-state index contributed by atoms with van der Waals surface area (Å²) in [5.74, 6) is 0. The molecule has 2 heterocycles. The van der Waals surface area contributed by atoms with Gasteiger partial charge in [0.05, 0.1) is 12.2 Å². The van der Waals surface area contributed by atoms with Gasteiger partial charge in [-0.3, -0.25) is 0 Å². The maximum atomic E-state index is 5.27. The van der Waals surface area contributed by atoms with E-state index in [1.165, 1.54) is 0 Å². The fourth-order valence-corrected chi connectivity index (χ4v) is 1.22. The second-order valence-corrected chi connectivity index (χ2v) is 2.73. The van der Waals surface area contributed by atoms with Crippen LogP contribution in [-0.2, 0) is 9.47 Å². The normalized spacial score (nSPS) is 55.3. The Balaban J connectivity index is 1.79. The molecule has 0 aromatic carbocycles. The van der Waals surface area contributed by atoms with Crippen molar-refractivity contribution in [3.05, 3.63) is 6.92 Å². The molecular formula is C7H11O2. The zero-order chi connectivity index (χ0) is 6.43. The van der Waals surface area contributed by atoms with E-state index in [9.17, 15) is 0 Å². The lowest BCUT2D eigenvalue weighted by Crippen LogP contribution is -2.02. The average Bonchev–Trinajstić information content (AvgIpc) is 2.61. The minimum Gasteiger partial charge on any atom is -0.367 e. The van der Waals surface area contributed by atoms with Crippen LogP contribution in [0.4, 0.5) is 0 Å². The van der Waals surface area contributed by atoms with Crippen molar-refractivity contribution in [1.29, 1.82) is 0 Å². The van der Waals surface area contributed by atoms with Gasteiger partial charge in [0.25, 0.3) is 0 Å². The molecule has 2 aliphatic rings. The summed E-state index contributed by atoms with van der Waals surface area (Å²) in [7, 11) is 0. The SMILES string of the molecule is [CH2]CC1OC1C1OC1C. The van der Waals surface area contributed by atoms with Crippen LogP contribution in [0.1, 0.15) is 13.3 Å². The van der Waals surface area contributed by atoms with E-state index in [-0.39, 0.29) is 0 Å². The molecule has 4 unspecified atom stereocenters. The monoisotopic (exact) mass is 127 g/mol. The van der Waals surface area contributed by atoms with E-state index in [4.69, 9.17) is 9.47 Å². The molecule has 0 saturated carbocycles. The fraction of sp³-hybridized carbons (Fsp3) is 0.857. The molecular weight excluding hydrogens is 116 g/mol. The lowest BCUT2D eigenvalue weighted by atomic mass is 10.2. The number of hydrogen-bond donors (Lipinski definition) is 0. The first kappa shape index (κ1) is 5.69. The van der Waals surface area contributed by atoms with Gasteiger partial charge in [0.15, 0.2) is 0 Å². The Morgan fingerprint density at radius 3 is 2.33 bits per heavy atom. The van der Waals surface area contributed by atoms with Gasteiger partial charge in [-0.1, -0.05) is 6.92 Å². The van der Waals surface area contributed by atoms with Crippen molar-refractivity contribution in [2.45, 2.75) is 37.8 Å². The van der Waals surface area contributed by atoms with Crippen molar-refractivity contribution >= 4 is 0 Å². The van der Waals surface area contributed by atoms with Crippen LogP contribution in [-0.4, -0.2) is 24.4 Å². The lowest BCUT2D eigenvalue weighted by Gasteiger charge is -1.79. The Labute approximate surface area is 55.1 Å². The molecule has 0 amide bonds. The van der Waals surface area contributed by atoms with Crippen LogP contribution in [0.2, 0.25) is 0 Å². The summed E-state index contributed by atoms with van der Waals surface area (Å²) >= 11 is 0. The highest BCUT2D eigenvalue weighted by molar-refractivity contribution is 5.01. The predicted molar refractivity (Wildman–Crippen MR) is 33.0 cm³/mol. The van der Waals surface area contributed by atoms with E-state index in [1.807, 2.05) is 0 Å². The Morgan fingerprint density at radius 1 is 1.33 bits per heavy atom. The summed E-state index contributed by atoms with van der Waals surface area (Å²) in [6, 6.07) is 0. The van der Waals surface area contributed by atoms with Gasteiger partial charge in [-0.15, -0.1) is 0 Å². The molecule has 0 aliphatic carbocycles. The molecule has 0 aromatic heterocycles. The minimum atomic E-state index is 0.387. The first-order valence-electron chi connectivity index (χ1n) is 3.43. The van der Waals surface area contributed by atoms with Gasteiger partial charge >= 0.3 is 0 Å². The van der Waals surface area contributed by atoms with Crippen LogP contribution in [0, 0.1) is 6.92 Å². The third-order valence-corrected chi connectivity index (χ3v) is 1.99. The Morgan fingerprint density at radius 2 is 2.00 bits per heavy atom. The molecule has 0 aromatic rings. The van der Waals surface area contributed by atoms with Gasteiger partial charge in [0.2, 0.25) is 0 Å². The smallest absolute Gasteiger partial charge is 0.113 e. The zero-order valence-electron chi connectivity index (χ0n) is 5.54. The van der Waals surface area contributed by atoms with Crippen molar-refractivity contribution < 1.29 is 9.47 Å². The quantitative estimate of drug-likeness (QED) is 0.512. The highest BCUT2D eigenvalue weighted by atomic mass is 16.7. The Hall–Kier alpha value is -0.0800. The molecule has 0 N–H and O–H groups in total. The minimum absolute atomic E-state index is 0.387. The maximum absolute atomic E-state index is 5.27. The molecule has 2 heteroatoms. The summed E-state index contributed by atoms with van der Waals surface area (Å²) < 4.78 is 10.5. The molecule has 2 fully saturated rings. The van der Waals surface area contributed by atoms with E-state index >= 15 is 0 Å². The van der Waals surface area contributed by atoms with Crippen LogP contribution < -0.4 is 0 Å². The van der Waals surface area contributed by atoms with Gasteiger partial charge in [0.1, 0.15) is 12.2 Å². The van der Waals surface area contributed by atoms with Crippen LogP contribution in [0.5, 0.6) is 0 Å². The highest BCUT2D eigenvalue weighted by Gasteiger charge is 2.54. The maximum Gasteiger partial charge on any atom is 0.113 e. The van der Waals surface area contributed by atoms with Gasteiger partial charge in [-0.05, 0) is 13.3 Å². The van der Waals surface area contributed by atoms with E-state index in [0.29, 0.717) is 24.4 Å².